The summed E-state index contributed by atoms with van der Waals surface area (Å²) in [7, 11) is 0. The van der Waals surface area contributed by atoms with Gasteiger partial charge in [0.2, 0.25) is 0 Å². The fourth-order valence-electron chi connectivity index (χ4n) is 3.72. The van der Waals surface area contributed by atoms with Gasteiger partial charge in [0.05, 0.1) is 27.7 Å². The largest absolute Gasteiger partial charge is 0.349 e. The van der Waals surface area contributed by atoms with Crippen molar-refractivity contribution < 1.29 is 9.59 Å². The molecule has 3 heterocycles. The van der Waals surface area contributed by atoms with Crippen molar-refractivity contribution in [1.29, 1.82) is 0 Å². The molecule has 2 amide bonds. The summed E-state index contributed by atoms with van der Waals surface area (Å²) in [6, 6.07) is 11.5. The number of aryl methyl sites for hydroxylation is 1. The van der Waals surface area contributed by atoms with E-state index in [0.717, 1.165) is 29.0 Å². The number of nitrogens with one attached hydrogen (secondary N) is 2. The third kappa shape index (κ3) is 4.26. The summed E-state index contributed by atoms with van der Waals surface area (Å²) in [5.41, 5.74) is 3.95. The third-order valence-electron chi connectivity index (χ3n) is 5.73. The zero-order chi connectivity index (χ0) is 23.1. The number of amides is 2. The summed E-state index contributed by atoms with van der Waals surface area (Å²) < 4.78 is 1.83. The van der Waals surface area contributed by atoms with Gasteiger partial charge in [0.1, 0.15) is 0 Å². The van der Waals surface area contributed by atoms with Crippen molar-refractivity contribution in [2.45, 2.75) is 45.7 Å². The number of rotatable bonds is 6. The Morgan fingerprint density at radius 1 is 1.15 bits per heavy atom. The average Bonchev–Trinajstić information content (AvgIpc) is 3.26. The maximum atomic E-state index is 13.5. The first kappa shape index (κ1) is 21.3. The van der Waals surface area contributed by atoms with E-state index in [9.17, 15) is 9.59 Å². The molecule has 0 spiro atoms. The van der Waals surface area contributed by atoms with Crippen LogP contribution in [0.3, 0.4) is 0 Å². The number of nitrogens with zero attached hydrogens (tertiary/aromatic N) is 3. The summed E-state index contributed by atoms with van der Waals surface area (Å²) in [5.74, 6) is -0.371. The molecule has 1 saturated carbocycles. The minimum atomic E-state index is -0.258. The Labute approximate surface area is 195 Å². The molecule has 0 unspecified atom stereocenters. The van der Waals surface area contributed by atoms with Crippen molar-refractivity contribution in [3.05, 3.63) is 64.7 Å². The lowest BCUT2D eigenvalue weighted by atomic mass is 10.1. The molecular formula is C25H25N5O2S. The Balaban J connectivity index is 1.52. The predicted molar refractivity (Wildman–Crippen MR) is 131 cm³/mol. The second kappa shape index (κ2) is 8.44. The number of anilines is 1. The van der Waals surface area contributed by atoms with Gasteiger partial charge in [0.15, 0.2) is 5.65 Å². The Bertz CT molecular complexity index is 1350. The smallest absolute Gasteiger partial charge is 0.256 e. The van der Waals surface area contributed by atoms with Gasteiger partial charge >= 0.3 is 0 Å². The molecule has 168 valence electrons. The van der Waals surface area contributed by atoms with Crippen LogP contribution in [0.1, 0.15) is 59.0 Å². The monoisotopic (exact) mass is 459 g/mol. The molecule has 7 nitrogen and oxygen atoms in total. The molecule has 1 fully saturated rings. The van der Waals surface area contributed by atoms with Gasteiger partial charge in [0.25, 0.3) is 11.8 Å². The molecule has 1 aliphatic carbocycles. The Morgan fingerprint density at radius 3 is 2.67 bits per heavy atom. The summed E-state index contributed by atoms with van der Waals surface area (Å²) in [4.78, 5) is 31.8. The molecular weight excluding hydrogens is 434 g/mol. The highest BCUT2D eigenvalue weighted by atomic mass is 32.1. The summed E-state index contributed by atoms with van der Waals surface area (Å²) in [5, 5.41) is 13.2. The standard InChI is InChI=1S/C25H25N5O2S/c1-14(2)30-23-19(13-26-30)18(12-21(28-23)22-5-4-10-33-22)25(32)29-20-11-16(7-6-15(20)3)24(31)27-17-8-9-17/h4-7,10-14,17H,8-9H2,1-3H3,(H,27,31)(H,29,32). The highest BCUT2D eigenvalue weighted by molar-refractivity contribution is 7.13. The van der Waals surface area contributed by atoms with Crippen LogP contribution in [0.15, 0.2) is 48.0 Å². The maximum Gasteiger partial charge on any atom is 0.256 e. The van der Waals surface area contributed by atoms with E-state index in [-0.39, 0.29) is 23.9 Å². The van der Waals surface area contributed by atoms with Crippen LogP contribution >= 0.6 is 11.3 Å². The van der Waals surface area contributed by atoms with Crippen LogP contribution in [0.5, 0.6) is 0 Å². The molecule has 1 aromatic carbocycles. The molecule has 5 rings (SSSR count). The van der Waals surface area contributed by atoms with Gasteiger partial charge < -0.3 is 10.6 Å². The molecule has 3 aromatic heterocycles. The van der Waals surface area contributed by atoms with Crippen LogP contribution in [-0.2, 0) is 0 Å². The number of benzene rings is 1. The van der Waals surface area contributed by atoms with Gasteiger partial charge in [-0.1, -0.05) is 12.1 Å². The molecule has 4 aromatic rings. The number of hydrogen-bond acceptors (Lipinski definition) is 5. The van der Waals surface area contributed by atoms with E-state index in [2.05, 4.69) is 15.7 Å². The van der Waals surface area contributed by atoms with E-state index in [1.165, 1.54) is 0 Å². The molecule has 2 N–H and O–H groups in total. The van der Waals surface area contributed by atoms with Crippen LogP contribution in [-0.4, -0.2) is 32.6 Å². The normalized spacial score (nSPS) is 13.5. The molecule has 8 heteroatoms. The lowest BCUT2D eigenvalue weighted by Crippen LogP contribution is -2.25. The fourth-order valence-corrected chi connectivity index (χ4v) is 4.40. The second-order valence-corrected chi connectivity index (χ2v) is 9.63. The summed E-state index contributed by atoms with van der Waals surface area (Å²) in [6.07, 6.45) is 3.74. The van der Waals surface area contributed by atoms with E-state index >= 15 is 0 Å². The van der Waals surface area contributed by atoms with Gasteiger partial charge in [-0.3, -0.25) is 9.59 Å². The minimum Gasteiger partial charge on any atom is -0.349 e. The van der Waals surface area contributed by atoms with Gasteiger partial charge in [-0.2, -0.15) is 5.10 Å². The van der Waals surface area contributed by atoms with Crippen LogP contribution in [0.4, 0.5) is 5.69 Å². The molecule has 0 bridgehead atoms. The summed E-state index contributed by atoms with van der Waals surface area (Å²) in [6.45, 7) is 5.98. The minimum absolute atomic E-state index is 0.105. The zero-order valence-electron chi connectivity index (χ0n) is 18.8. The Kier molecular flexibility index (Phi) is 5.46. The Morgan fingerprint density at radius 2 is 1.97 bits per heavy atom. The number of hydrogen-bond donors (Lipinski definition) is 2. The first-order chi connectivity index (χ1) is 15.9. The van der Waals surface area contributed by atoms with Crippen molar-refractivity contribution in [2.75, 3.05) is 5.32 Å². The zero-order valence-corrected chi connectivity index (χ0v) is 19.6. The van der Waals surface area contributed by atoms with E-state index in [1.807, 2.05) is 55.1 Å². The molecule has 0 saturated heterocycles. The number of carbonyl (C=O) groups is 2. The number of thiophene rings is 1. The number of aromatic nitrogens is 3. The first-order valence-corrected chi connectivity index (χ1v) is 11.9. The lowest BCUT2D eigenvalue weighted by Gasteiger charge is -2.13. The van der Waals surface area contributed by atoms with Gasteiger partial charge in [0, 0.05) is 23.3 Å². The van der Waals surface area contributed by atoms with Crippen LogP contribution in [0, 0.1) is 6.92 Å². The molecule has 33 heavy (non-hydrogen) atoms. The SMILES string of the molecule is Cc1ccc(C(=O)NC2CC2)cc1NC(=O)c1cc(-c2cccs2)nc2c1cnn2C(C)C. The lowest BCUT2D eigenvalue weighted by molar-refractivity contribution is 0.0949. The fraction of sp³-hybridized carbons (Fsp3) is 0.280. The molecule has 0 atom stereocenters. The van der Waals surface area contributed by atoms with Crippen LogP contribution < -0.4 is 10.6 Å². The topological polar surface area (TPSA) is 88.9 Å². The van der Waals surface area contributed by atoms with Crippen molar-refractivity contribution in [2.24, 2.45) is 0 Å². The molecule has 0 aliphatic heterocycles. The van der Waals surface area contributed by atoms with Crippen molar-refractivity contribution >= 4 is 39.9 Å². The molecule has 0 radical (unpaired) electrons. The van der Waals surface area contributed by atoms with E-state index in [0.29, 0.717) is 27.8 Å². The number of carbonyl (C=O) groups excluding carboxylic acids is 2. The maximum absolute atomic E-state index is 13.5. The van der Waals surface area contributed by atoms with E-state index in [1.54, 1.807) is 29.7 Å². The summed E-state index contributed by atoms with van der Waals surface area (Å²) >= 11 is 1.57. The van der Waals surface area contributed by atoms with Crippen molar-refractivity contribution in [3.8, 4) is 10.6 Å². The van der Waals surface area contributed by atoms with Gasteiger partial charge in [-0.05, 0) is 68.8 Å². The predicted octanol–water partition coefficient (Wildman–Crippen LogP) is 5.19. The highest BCUT2D eigenvalue weighted by Crippen LogP contribution is 2.30. The number of pyridine rings is 1. The average molecular weight is 460 g/mol. The van der Waals surface area contributed by atoms with Gasteiger partial charge in [-0.25, -0.2) is 9.67 Å². The third-order valence-corrected chi connectivity index (χ3v) is 6.63. The van der Waals surface area contributed by atoms with Crippen LogP contribution in [0.25, 0.3) is 21.6 Å². The quantitative estimate of drug-likeness (QED) is 0.415. The Hall–Kier alpha value is -3.52. The van der Waals surface area contributed by atoms with E-state index in [4.69, 9.17) is 4.98 Å². The van der Waals surface area contributed by atoms with E-state index < -0.39 is 0 Å². The number of fused-ring (bicyclic) bond motifs is 1. The van der Waals surface area contributed by atoms with Crippen molar-refractivity contribution in [1.82, 2.24) is 20.1 Å². The second-order valence-electron chi connectivity index (χ2n) is 8.68. The van der Waals surface area contributed by atoms with Crippen molar-refractivity contribution in [3.63, 3.8) is 0 Å². The molecule has 1 aliphatic rings. The highest BCUT2D eigenvalue weighted by Gasteiger charge is 2.24. The first-order valence-electron chi connectivity index (χ1n) is 11.1. The van der Waals surface area contributed by atoms with Crippen LogP contribution in [0.2, 0.25) is 0 Å². The van der Waals surface area contributed by atoms with Gasteiger partial charge in [-0.15, -0.1) is 11.3 Å².